The Morgan fingerprint density at radius 3 is 2.93 bits per heavy atom. The molecule has 1 aliphatic heterocycles. The fourth-order valence-electron chi connectivity index (χ4n) is 3.87. The molecule has 28 heavy (non-hydrogen) atoms. The van der Waals surface area contributed by atoms with Gasteiger partial charge in [-0.25, -0.2) is 4.98 Å². The fourth-order valence-corrected chi connectivity index (χ4v) is 4.04. The molecule has 4 rings (SSSR count). The highest BCUT2D eigenvalue weighted by molar-refractivity contribution is 6.31. The first-order valence-corrected chi connectivity index (χ1v) is 9.88. The van der Waals surface area contributed by atoms with Gasteiger partial charge < -0.3 is 14.6 Å². The fraction of sp³-hybridized carbons (Fsp3) is 0.364. The number of aryl methyl sites for hydroxylation is 2. The molecule has 0 fully saturated rings. The van der Waals surface area contributed by atoms with E-state index in [2.05, 4.69) is 10.3 Å². The van der Waals surface area contributed by atoms with E-state index < -0.39 is 0 Å². The predicted octanol–water partition coefficient (Wildman–Crippen LogP) is 4.58. The standard InChI is InChI=1S/C22H24ClN3O2/c1-22(2)13-17(15-6-4-5-7-19(15)28-22)25-21(27)11-10-20-24-16-12-14(23)8-9-18(16)26(20)3/h4-9,12,17H,10-11,13H2,1-3H3,(H,25,27)/t17-/m1/s1. The van der Waals surface area contributed by atoms with Crippen LogP contribution in [0.1, 0.15) is 44.1 Å². The molecule has 1 atom stereocenters. The minimum atomic E-state index is -0.317. The summed E-state index contributed by atoms with van der Waals surface area (Å²) in [5.41, 5.74) is 2.58. The van der Waals surface area contributed by atoms with Crippen LogP contribution >= 0.6 is 11.6 Å². The predicted molar refractivity (Wildman–Crippen MR) is 111 cm³/mol. The van der Waals surface area contributed by atoms with Crippen molar-refractivity contribution < 1.29 is 9.53 Å². The van der Waals surface area contributed by atoms with Crippen molar-refractivity contribution in [2.24, 2.45) is 7.05 Å². The van der Waals surface area contributed by atoms with Gasteiger partial charge in [-0.05, 0) is 38.1 Å². The number of ether oxygens (including phenoxy) is 1. The van der Waals surface area contributed by atoms with Crippen molar-refractivity contribution in [3.8, 4) is 5.75 Å². The summed E-state index contributed by atoms with van der Waals surface area (Å²) in [7, 11) is 1.97. The van der Waals surface area contributed by atoms with Crippen molar-refractivity contribution in [3.05, 3.63) is 58.9 Å². The molecule has 1 aromatic heterocycles. The summed E-state index contributed by atoms with van der Waals surface area (Å²) in [5.74, 6) is 1.74. The summed E-state index contributed by atoms with van der Waals surface area (Å²) in [6.45, 7) is 4.10. The summed E-state index contributed by atoms with van der Waals surface area (Å²) in [6, 6.07) is 13.5. The number of carbonyl (C=O) groups excluding carboxylic acids is 1. The van der Waals surface area contributed by atoms with Gasteiger partial charge in [0.25, 0.3) is 0 Å². The Morgan fingerprint density at radius 2 is 2.11 bits per heavy atom. The minimum absolute atomic E-state index is 0.0163. The molecule has 0 saturated carbocycles. The van der Waals surface area contributed by atoms with E-state index in [0.29, 0.717) is 17.9 Å². The van der Waals surface area contributed by atoms with E-state index in [-0.39, 0.29) is 17.6 Å². The highest BCUT2D eigenvalue weighted by Crippen LogP contribution is 2.39. The second kappa shape index (κ2) is 7.13. The van der Waals surface area contributed by atoms with Crippen molar-refractivity contribution in [3.63, 3.8) is 0 Å². The molecule has 2 aromatic carbocycles. The normalized spacial score (nSPS) is 17.8. The summed E-state index contributed by atoms with van der Waals surface area (Å²) in [5, 5.41) is 3.85. The van der Waals surface area contributed by atoms with Crippen LogP contribution in [0.5, 0.6) is 5.75 Å². The van der Waals surface area contributed by atoms with Crippen LogP contribution in [0.2, 0.25) is 5.02 Å². The Morgan fingerprint density at radius 1 is 1.32 bits per heavy atom. The molecule has 5 nitrogen and oxygen atoms in total. The first-order valence-electron chi connectivity index (χ1n) is 9.50. The zero-order chi connectivity index (χ0) is 19.9. The van der Waals surface area contributed by atoms with Crippen LogP contribution in [0, 0.1) is 0 Å². The van der Waals surface area contributed by atoms with Gasteiger partial charge in [0.15, 0.2) is 0 Å². The Hall–Kier alpha value is -2.53. The number of nitrogens with zero attached hydrogens (tertiary/aromatic N) is 2. The summed E-state index contributed by atoms with van der Waals surface area (Å²) < 4.78 is 8.06. The Kier molecular flexibility index (Phi) is 4.79. The Labute approximate surface area is 169 Å². The van der Waals surface area contributed by atoms with Gasteiger partial charge in [0.2, 0.25) is 5.91 Å². The van der Waals surface area contributed by atoms with E-state index in [9.17, 15) is 4.79 Å². The molecular formula is C22H24ClN3O2. The lowest BCUT2D eigenvalue weighted by molar-refractivity contribution is -0.122. The lowest BCUT2D eigenvalue weighted by Crippen LogP contribution is -2.41. The number of nitrogens with one attached hydrogen (secondary N) is 1. The Bertz CT molecular complexity index is 1040. The smallest absolute Gasteiger partial charge is 0.220 e. The third-order valence-electron chi connectivity index (χ3n) is 5.22. The number of fused-ring (bicyclic) bond motifs is 2. The summed E-state index contributed by atoms with van der Waals surface area (Å²) >= 11 is 6.06. The molecular weight excluding hydrogens is 374 g/mol. The zero-order valence-corrected chi connectivity index (χ0v) is 17.1. The van der Waals surface area contributed by atoms with Crippen LogP contribution in [0.3, 0.4) is 0 Å². The van der Waals surface area contributed by atoms with Gasteiger partial charge in [-0.1, -0.05) is 29.8 Å². The topological polar surface area (TPSA) is 56.2 Å². The molecule has 0 aliphatic carbocycles. The second-order valence-corrected chi connectivity index (χ2v) is 8.38. The van der Waals surface area contributed by atoms with E-state index in [1.165, 1.54) is 0 Å². The van der Waals surface area contributed by atoms with Crippen molar-refractivity contribution in [1.82, 2.24) is 14.9 Å². The van der Waals surface area contributed by atoms with E-state index in [1.54, 1.807) is 0 Å². The summed E-state index contributed by atoms with van der Waals surface area (Å²) in [4.78, 5) is 17.3. The lowest BCUT2D eigenvalue weighted by atomic mass is 9.89. The Balaban J connectivity index is 1.46. The van der Waals surface area contributed by atoms with Crippen LogP contribution in [0.4, 0.5) is 0 Å². The number of carbonyl (C=O) groups is 1. The molecule has 0 bridgehead atoms. The largest absolute Gasteiger partial charge is 0.487 e. The van der Waals surface area contributed by atoms with Crippen LogP contribution in [-0.2, 0) is 18.3 Å². The number of hydrogen-bond donors (Lipinski definition) is 1. The third-order valence-corrected chi connectivity index (χ3v) is 5.46. The maximum Gasteiger partial charge on any atom is 0.220 e. The highest BCUT2D eigenvalue weighted by Gasteiger charge is 2.34. The first kappa shape index (κ1) is 18.8. The second-order valence-electron chi connectivity index (χ2n) is 7.94. The average molecular weight is 398 g/mol. The number of aromatic nitrogens is 2. The molecule has 146 valence electrons. The maximum atomic E-state index is 12.7. The van der Waals surface area contributed by atoms with E-state index in [1.807, 2.05) is 67.9 Å². The van der Waals surface area contributed by atoms with Crippen LogP contribution in [0.15, 0.2) is 42.5 Å². The van der Waals surface area contributed by atoms with Gasteiger partial charge in [0, 0.05) is 36.9 Å². The van der Waals surface area contributed by atoms with Crippen molar-refractivity contribution in [1.29, 1.82) is 0 Å². The van der Waals surface area contributed by atoms with Crippen molar-refractivity contribution in [2.45, 2.75) is 44.8 Å². The molecule has 0 saturated heterocycles. The third kappa shape index (κ3) is 3.72. The molecule has 6 heteroatoms. The average Bonchev–Trinajstić information content (AvgIpc) is 2.94. The molecule has 1 amide bonds. The maximum absolute atomic E-state index is 12.7. The molecule has 0 spiro atoms. The number of rotatable bonds is 4. The number of para-hydroxylation sites is 1. The molecule has 1 aliphatic rings. The molecule has 2 heterocycles. The van der Waals surface area contributed by atoms with Gasteiger partial charge in [0.1, 0.15) is 17.2 Å². The van der Waals surface area contributed by atoms with E-state index >= 15 is 0 Å². The highest BCUT2D eigenvalue weighted by atomic mass is 35.5. The molecule has 0 unspecified atom stereocenters. The SMILES string of the molecule is Cn1c(CCC(=O)N[C@@H]2CC(C)(C)Oc3ccccc32)nc2cc(Cl)ccc21. The van der Waals surface area contributed by atoms with Crippen molar-refractivity contribution >= 4 is 28.5 Å². The first-order chi connectivity index (χ1) is 13.3. The quantitative estimate of drug-likeness (QED) is 0.701. The minimum Gasteiger partial charge on any atom is -0.487 e. The molecule has 0 radical (unpaired) electrons. The number of imidazole rings is 1. The van der Waals surface area contributed by atoms with Crippen molar-refractivity contribution in [2.75, 3.05) is 0 Å². The van der Waals surface area contributed by atoms with Gasteiger partial charge >= 0.3 is 0 Å². The number of amides is 1. The van der Waals surface area contributed by atoms with E-state index in [0.717, 1.165) is 34.6 Å². The van der Waals surface area contributed by atoms with Gasteiger partial charge in [-0.2, -0.15) is 0 Å². The number of halogens is 1. The number of benzene rings is 2. The van der Waals surface area contributed by atoms with Crippen LogP contribution in [-0.4, -0.2) is 21.1 Å². The molecule has 3 aromatic rings. The number of hydrogen-bond acceptors (Lipinski definition) is 3. The van der Waals surface area contributed by atoms with Crippen LogP contribution < -0.4 is 10.1 Å². The monoisotopic (exact) mass is 397 g/mol. The summed E-state index contributed by atoms with van der Waals surface area (Å²) in [6.07, 6.45) is 1.69. The zero-order valence-electron chi connectivity index (χ0n) is 16.3. The lowest BCUT2D eigenvalue weighted by Gasteiger charge is -2.37. The molecule has 1 N–H and O–H groups in total. The van der Waals surface area contributed by atoms with E-state index in [4.69, 9.17) is 16.3 Å². The van der Waals surface area contributed by atoms with Gasteiger partial charge in [-0.3, -0.25) is 4.79 Å². The van der Waals surface area contributed by atoms with Gasteiger partial charge in [-0.15, -0.1) is 0 Å². The van der Waals surface area contributed by atoms with Crippen LogP contribution in [0.25, 0.3) is 11.0 Å². The van der Waals surface area contributed by atoms with Gasteiger partial charge in [0.05, 0.1) is 17.1 Å².